The van der Waals surface area contributed by atoms with Gasteiger partial charge < -0.3 is 4.74 Å². The second-order valence-corrected chi connectivity index (χ2v) is 9.70. The Hall–Kier alpha value is -3.19. The molecule has 0 spiro atoms. The maximum absolute atomic E-state index is 13.6. The van der Waals surface area contributed by atoms with Crippen LogP contribution in [-0.2, 0) is 11.3 Å². The molecule has 0 aliphatic carbocycles. The molecule has 0 radical (unpaired) electrons. The quantitative estimate of drug-likeness (QED) is 0.463. The molecule has 1 saturated heterocycles. The SMILES string of the molecule is COc1cccc(C2=NN(C(=O)CN3CCN(Cc4ccccc4)CC3)[C@H](c3ccccc3Cl)C2)c1. The van der Waals surface area contributed by atoms with E-state index < -0.39 is 0 Å². The van der Waals surface area contributed by atoms with Crippen LogP contribution < -0.4 is 4.74 Å². The van der Waals surface area contributed by atoms with Gasteiger partial charge in [-0.15, -0.1) is 0 Å². The van der Waals surface area contributed by atoms with Crippen molar-refractivity contribution in [2.75, 3.05) is 39.8 Å². The number of hydrazone groups is 1. The first kappa shape index (κ1) is 24.5. The van der Waals surface area contributed by atoms with E-state index in [1.54, 1.807) is 12.1 Å². The second kappa shape index (κ2) is 11.2. The van der Waals surface area contributed by atoms with Crippen LogP contribution in [-0.4, -0.2) is 66.3 Å². The molecule has 2 heterocycles. The van der Waals surface area contributed by atoms with E-state index in [-0.39, 0.29) is 11.9 Å². The van der Waals surface area contributed by atoms with Crippen molar-refractivity contribution in [3.8, 4) is 5.75 Å². The largest absolute Gasteiger partial charge is 0.497 e. The molecule has 3 aromatic carbocycles. The Morgan fingerprint density at radius 2 is 1.67 bits per heavy atom. The molecule has 0 N–H and O–H groups in total. The third-order valence-corrected chi connectivity index (χ3v) is 7.25. The average molecular weight is 503 g/mol. The molecule has 5 rings (SSSR count). The van der Waals surface area contributed by atoms with E-state index in [0.717, 1.165) is 55.3 Å². The number of benzene rings is 3. The molecule has 0 unspecified atom stereocenters. The fraction of sp³-hybridized carbons (Fsp3) is 0.310. The zero-order valence-electron chi connectivity index (χ0n) is 20.5. The maximum atomic E-state index is 13.6. The average Bonchev–Trinajstić information content (AvgIpc) is 3.36. The summed E-state index contributed by atoms with van der Waals surface area (Å²) in [5.41, 5.74) is 4.05. The van der Waals surface area contributed by atoms with Gasteiger partial charge in [-0.05, 0) is 29.3 Å². The van der Waals surface area contributed by atoms with Crippen molar-refractivity contribution in [3.05, 3.63) is 101 Å². The molecule has 0 bridgehead atoms. The number of carbonyl (C=O) groups excluding carboxylic acids is 1. The summed E-state index contributed by atoms with van der Waals surface area (Å²) in [6.07, 6.45) is 0.605. The lowest BCUT2D eigenvalue weighted by molar-refractivity contribution is -0.134. The number of nitrogens with zero attached hydrogens (tertiary/aromatic N) is 4. The Balaban J connectivity index is 1.29. The maximum Gasteiger partial charge on any atom is 0.257 e. The molecular weight excluding hydrogens is 472 g/mol. The van der Waals surface area contributed by atoms with Gasteiger partial charge in [-0.1, -0.05) is 72.3 Å². The van der Waals surface area contributed by atoms with Crippen molar-refractivity contribution in [3.63, 3.8) is 0 Å². The minimum atomic E-state index is -0.230. The number of carbonyl (C=O) groups is 1. The van der Waals surface area contributed by atoms with Crippen molar-refractivity contribution in [2.45, 2.75) is 19.0 Å². The summed E-state index contributed by atoms with van der Waals surface area (Å²) in [5.74, 6) is 0.761. The highest BCUT2D eigenvalue weighted by atomic mass is 35.5. The third kappa shape index (κ3) is 5.62. The molecule has 0 aromatic heterocycles. The van der Waals surface area contributed by atoms with Gasteiger partial charge in [0, 0.05) is 49.7 Å². The van der Waals surface area contributed by atoms with Gasteiger partial charge in [0.2, 0.25) is 0 Å². The van der Waals surface area contributed by atoms with Crippen molar-refractivity contribution >= 4 is 23.2 Å². The lowest BCUT2D eigenvalue weighted by Gasteiger charge is -2.35. The van der Waals surface area contributed by atoms with E-state index in [9.17, 15) is 4.79 Å². The number of rotatable bonds is 7. The van der Waals surface area contributed by atoms with Gasteiger partial charge in [0.05, 0.1) is 25.4 Å². The highest BCUT2D eigenvalue weighted by molar-refractivity contribution is 6.31. The van der Waals surface area contributed by atoms with Crippen LogP contribution in [0.1, 0.15) is 29.2 Å². The van der Waals surface area contributed by atoms with Crippen molar-refractivity contribution in [1.82, 2.24) is 14.8 Å². The summed E-state index contributed by atoms with van der Waals surface area (Å²) in [4.78, 5) is 18.2. The molecule has 3 aromatic rings. The number of hydrogen-bond donors (Lipinski definition) is 0. The van der Waals surface area contributed by atoms with Crippen LogP contribution in [0.3, 0.4) is 0 Å². The number of ether oxygens (including phenoxy) is 1. The first-order valence-corrected chi connectivity index (χ1v) is 12.8. The van der Waals surface area contributed by atoms with Gasteiger partial charge in [0.1, 0.15) is 5.75 Å². The third-order valence-electron chi connectivity index (χ3n) is 6.91. The summed E-state index contributed by atoms with van der Waals surface area (Å²) in [6.45, 7) is 4.88. The van der Waals surface area contributed by atoms with Crippen molar-refractivity contribution < 1.29 is 9.53 Å². The molecule has 6 nitrogen and oxygen atoms in total. The van der Waals surface area contributed by atoms with Gasteiger partial charge in [0.15, 0.2) is 0 Å². The molecule has 1 atom stereocenters. The van der Waals surface area contributed by atoms with E-state index in [0.29, 0.717) is 18.0 Å². The summed E-state index contributed by atoms with van der Waals surface area (Å²) in [6, 6.07) is 25.8. The Morgan fingerprint density at radius 3 is 2.42 bits per heavy atom. The molecule has 186 valence electrons. The lowest BCUT2D eigenvalue weighted by Crippen LogP contribution is -2.49. The topological polar surface area (TPSA) is 48.4 Å². The molecule has 7 heteroatoms. The second-order valence-electron chi connectivity index (χ2n) is 9.30. The van der Waals surface area contributed by atoms with Gasteiger partial charge in [-0.25, -0.2) is 5.01 Å². The van der Waals surface area contributed by atoms with Gasteiger partial charge in [0.25, 0.3) is 5.91 Å². The molecular formula is C29H31ClN4O2. The van der Waals surface area contributed by atoms with Crippen molar-refractivity contribution in [1.29, 1.82) is 0 Å². The van der Waals surface area contributed by atoms with Crippen LogP contribution in [0.2, 0.25) is 5.02 Å². The summed E-state index contributed by atoms with van der Waals surface area (Å²) in [7, 11) is 1.65. The molecule has 0 saturated carbocycles. The predicted octanol–water partition coefficient (Wildman–Crippen LogP) is 4.84. The standard InChI is InChI=1S/C29H31ClN4O2/c1-36-24-11-7-10-23(18-24)27-19-28(25-12-5-6-13-26(25)30)34(31-27)29(35)21-33-16-14-32(15-17-33)20-22-8-3-2-4-9-22/h2-13,18,28H,14-17,19-21H2,1H3/t28-/m0/s1. The van der Waals surface area contributed by atoms with E-state index in [1.807, 2.05) is 54.6 Å². The summed E-state index contributed by atoms with van der Waals surface area (Å²) in [5, 5.41) is 7.11. The Bertz CT molecular complexity index is 1220. The highest BCUT2D eigenvalue weighted by Gasteiger charge is 2.35. The minimum absolute atomic E-state index is 0.00525. The molecule has 1 amide bonds. The van der Waals surface area contributed by atoms with Crippen LogP contribution in [0, 0.1) is 0 Å². The number of methoxy groups -OCH3 is 1. The van der Waals surface area contributed by atoms with Gasteiger partial charge in [-0.3, -0.25) is 14.6 Å². The van der Waals surface area contributed by atoms with E-state index in [4.69, 9.17) is 21.4 Å². The Kier molecular flexibility index (Phi) is 7.66. The first-order chi connectivity index (χ1) is 17.6. The van der Waals surface area contributed by atoms with E-state index in [1.165, 1.54) is 5.56 Å². The van der Waals surface area contributed by atoms with Gasteiger partial charge >= 0.3 is 0 Å². The normalized spacial score (nSPS) is 18.8. The van der Waals surface area contributed by atoms with Gasteiger partial charge in [-0.2, -0.15) is 5.10 Å². The molecule has 1 fully saturated rings. The summed E-state index contributed by atoms with van der Waals surface area (Å²) >= 11 is 6.57. The highest BCUT2D eigenvalue weighted by Crippen LogP contribution is 2.36. The van der Waals surface area contributed by atoms with E-state index in [2.05, 4.69) is 34.1 Å². The Morgan fingerprint density at radius 1 is 0.944 bits per heavy atom. The zero-order valence-corrected chi connectivity index (χ0v) is 21.3. The van der Waals surface area contributed by atoms with Crippen LogP contribution in [0.4, 0.5) is 0 Å². The van der Waals surface area contributed by atoms with E-state index >= 15 is 0 Å². The monoisotopic (exact) mass is 502 g/mol. The predicted molar refractivity (Wildman–Crippen MR) is 143 cm³/mol. The fourth-order valence-corrected chi connectivity index (χ4v) is 5.18. The molecule has 2 aliphatic heterocycles. The van der Waals surface area contributed by atoms with Crippen LogP contribution in [0.25, 0.3) is 0 Å². The smallest absolute Gasteiger partial charge is 0.257 e. The summed E-state index contributed by atoms with van der Waals surface area (Å²) < 4.78 is 5.40. The molecule has 36 heavy (non-hydrogen) atoms. The van der Waals surface area contributed by atoms with Crippen LogP contribution >= 0.6 is 11.6 Å². The van der Waals surface area contributed by atoms with Crippen molar-refractivity contribution in [2.24, 2.45) is 5.10 Å². The fourth-order valence-electron chi connectivity index (χ4n) is 4.92. The number of amides is 1. The molecule has 2 aliphatic rings. The Labute approximate surface area is 217 Å². The van der Waals surface area contributed by atoms with Crippen LogP contribution in [0.15, 0.2) is 84.0 Å². The number of halogens is 1. The lowest BCUT2D eigenvalue weighted by atomic mass is 9.98. The number of hydrogen-bond acceptors (Lipinski definition) is 5. The van der Waals surface area contributed by atoms with Crippen LogP contribution in [0.5, 0.6) is 5.75 Å². The first-order valence-electron chi connectivity index (χ1n) is 12.4. The number of piperazine rings is 1. The minimum Gasteiger partial charge on any atom is -0.497 e. The zero-order chi connectivity index (χ0) is 24.9.